The molecule has 0 spiro atoms. The van der Waals surface area contributed by atoms with E-state index in [9.17, 15) is 9.90 Å². The molecule has 0 aromatic rings. The lowest BCUT2D eigenvalue weighted by atomic mass is 9.42. The third-order valence-electron chi connectivity index (χ3n) is 11.6. The summed E-state index contributed by atoms with van der Waals surface area (Å²) in [5.74, 6) is 4.11. The maximum absolute atomic E-state index is 12.2. The standard InChI is InChI=1S/C30H52O4/c1-19(2)9-8-10-20(3)24-11-12-25-23-17-27(33-7)30(32)18-22(34-21(4)31)13-16-29(30,6)26(23)14-15-28(24,25)5/h19-20,22-27,32H,8-18H2,1-7H3. The largest absolute Gasteiger partial charge is 0.462 e. The number of methoxy groups -OCH3 is 1. The Kier molecular flexibility index (Phi) is 7.54. The predicted octanol–water partition coefficient (Wildman–Crippen LogP) is 6.78. The van der Waals surface area contributed by atoms with Crippen LogP contribution in [0.15, 0.2) is 0 Å². The maximum atomic E-state index is 12.2. The van der Waals surface area contributed by atoms with Crippen LogP contribution in [0.2, 0.25) is 0 Å². The van der Waals surface area contributed by atoms with Crippen LogP contribution in [0.3, 0.4) is 0 Å². The Balaban J connectivity index is 1.54. The van der Waals surface area contributed by atoms with Crippen LogP contribution in [0.1, 0.15) is 112 Å². The first-order chi connectivity index (χ1) is 16.0. The highest BCUT2D eigenvalue weighted by Gasteiger charge is 2.68. The average Bonchev–Trinajstić information content (AvgIpc) is 3.11. The molecule has 1 N–H and O–H groups in total. The van der Waals surface area contributed by atoms with Gasteiger partial charge in [0.2, 0.25) is 0 Å². The van der Waals surface area contributed by atoms with Crippen molar-refractivity contribution in [1.29, 1.82) is 0 Å². The van der Waals surface area contributed by atoms with Crippen LogP contribution < -0.4 is 0 Å². The maximum Gasteiger partial charge on any atom is 0.302 e. The summed E-state index contributed by atoms with van der Waals surface area (Å²) in [5, 5.41) is 12.2. The molecule has 10 unspecified atom stereocenters. The minimum Gasteiger partial charge on any atom is -0.462 e. The molecule has 0 aromatic heterocycles. The third-order valence-corrected chi connectivity index (χ3v) is 11.6. The topological polar surface area (TPSA) is 55.8 Å². The van der Waals surface area contributed by atoms with Gasteiger partial charge in [0, 0.05) is 25.9 Å². The second kappa shape index (κ2) is 9.69. The van der Waals surface area contributed by atoms with Crippen LogP contribution in [0.25, 0.3) is 0 Å². The molecule has 4 rings (SSSR count). The number of carbonyl (C=O) groups is 1. The van der Waals surface area contributed by atoms with Gasteiger partial charge >= 0.3 is 5.97 Å². The van der Waals surface area contributed by atoms with Gasteiger partial charge in [-0.2, -0.15) is 0 Å². The fraction of sp³-hybridized carbons (Fsp3) is 0.967. The van der Waals surface area contributed by atoms with E-state index in [1.54, 1.807) is 7.11 Å². The number of ether oxygens (including phenoxy) is 2. The van der Waals surface area contributed by atoms with Gasteiger partial charge in [-0.3, -0.25) is 4.79 Å². The monoisotopic (exact) mass is 476 g/mol. The van der Waals surface area contributed by atoms with Gasteiger partial charge in [0.1, 0.15) is 6.10 Å². The number of fused-ring (bicyclic) bond motifs is 5. The van der Waals surface area contributed by atoms with Crippen molar-refractivity contribution in [2.24, 2.45) is 46.3 Å². The Bertz CT molecular complexity index is 735. The summed E-state index contributed by atoms with van der Waals surface area (Å²) in [6.07, 6.45) is 12.2. The minimum absolute atomic E-state index is 0.171. The van der Waals surface area contributed by atoms with Crippen LogP contribution in [-0.4, -0.2) is 36.0 Å². The first-order valence-electron chi connectivity index (χ1n) is 14.4. The molecule has 0 aliphatic heterocycles. The third kappa shape index (κ3) is 4.27. The van der Waals surface area contributed by atoms with Crippen LogP contribution in [0, 0.1) is 46.3 Å². The number of esters is 1. The van der Waals surface area contributed by atoms with Gasteiger partial charge < -0.3 is 14.6 Å². The van der Waals surface area contributed by atoms with Gasteiger partial charge in [0.25, 0.3) is 0 Å². The van der Waals surface area contributed by atoms with Crippen LogP contribution in [-0.2, 0) is 14.3 Å². The molecule has 0 radical (unpaired) electrons. The molecular formula is C30H52O4. The Hall–Kier alpha value is -0.610. The number of carbonyl (C=O) groups excluding carboxylic acids is 1. The second-order valence-electron chi connectivity index (χ2n) is 13.7. The molecule has 4 aliphatic rings. The van der Waals surface area contributed by atoms with E-state index in [-0.39, 0.29) is 23.6 Å². The second-order valence-corrected chi connectivity index (χ2v) is 13.7. The van der Waals surface area contributed by atoms with Crippen molar-refractivity contribution in [3.63, 3.8) is 0 Å². The normalized spacial score (nSPS) is 47.0. The van der Waals surface area contributed by atoms with Crippen molar-refractivity contribution in [3.05, 3.63) is 0 Å². The fourth-order valence-corrected chi connectivity index (χ4v) is 9.87. The van der Waals surface area contributed by atoms with E-state index < -0.39 is 5.60 Å². The molecular weight excluding hydrogens is 424 g/mol. The van der Waals surface area contributed by atoms with E-state index in [2.05, 4.69) is 34.6 Å². The van der Waals surface area contributed by atoms with E-state index >= 15 is 0 Å². The fourth-order valence-electron chi connectivity index (χ4n) is 9.87. The van der Waals surface area contributed by atoms with Crippen LogP contribution in [0.4, 0.5) is 0 Å². The van der Waals surface area contributed by atoms with Gasteiger partial charge in [-0.25, -0.2) is 0 Å². The Morgan fingerprint density at radius 3 is 2.41 bits per heavy atom. The minimum atomic E-state index is -0.919. The zero-order valence-corrected chi connectivity index (χ0v) is 23.1. The van der Waals surface area contributed by atoms with E-state index in [0.717, 1.165) is 42.9 Å². The van der Waals surface area contributed by atoms with Crippen molar-refractivity contribution < 1.29 is 19.4 Å². The number of hydrogen-bond acceptors (Lipinski definition) is 4. The van der Waals surface area contributed by atoms with E-state index in [4.69, 9.17) is 9.47 Å². The summed E-state index contributed by atoms with van der Waals surface area (Å²) in [7, 11) is 1.77. The Morgan fingerprint density at radius 1 is 1.03 bits per heavy atom. The molecule has 0 aromatic carbocycles. The Labute approximate surface area is 208 Å². The summed E-state index contributed by atoms with van der Waals surface area (Å²) in [6, 6.07) is 0. The first-order valence-corrected chi connectivity index (χ1v) is 14.4. The molecule has 34 heavy (non-hydrogen) atoms. The smallest absolute Gasteiger partial charge is 0.302 e. The zero-order valence-electron chi connectivity index (χ0n) is 23.1. The molecule has 0 bridgehead atoms. The van der Waals surface area contributed by atoms with Crippen LogP contribution in [0.5, 0.6) is 0 Å². The summed E-state index contributed by atoms with van der Waals surface area (Å²) in [4.78, 5) is 11.6. The van der Waals surface area contributed by atoms with Crippen molar-refractivity contribution in [1.82, 2.24) is 0 Å². The van der Waals surface area contributed by atoms with Gasteiger partial charge in [-0.05, 0) is 85.9 Å². The van der Waals surface area contributed by atoms with E-state index in [0.29, 0.717) is 23.7 Å². The Morgan fingerprint density at radius 2 is 1.76 bits per heavy atom. The molecule has 4 fully saturated rings. The first kappa shape index (κ1) is 26.5. The zero-order chi connectivity index (χ0) is 24.9. The van der Waals surface area contributed by atoms with Crippen molar-refractivity contribution in [2.45, 2.75) is 130 Å². The lowest BCUT2D eigenvalue weighted by molar-refractivity contribution is -0.271. The highest BCUT2D eigenvalue weighted by Crippen LogP contribution is 2.69. The average molecular weight is 477 g/mol. The highest BCUT2D eigenvalue weighted by molar-refractivity contribution is 5.66. The summed E-state index contributed by atoms with van der Waals surface area (Å²) in [6.45, 7) is 13.6. The molecule has 0 heterocycles. The SMILES string of the molecule is COC1CC2C3CCC(C(C)CCCC(C)C)C3(C)CCC2C2(C)CCC(OC(C)=O)CC12O. The summed E-state index contributed by atoms with van der Waals surface area (Å²) < 4.78 is 11.7. The lowest BCUT2D eigenvalue weighted by Gasteiger charge is -2.66. The highest BCUT2D eigenvalue weighted by atomic mass is 16.5. The van der Waals surface area contributed by atoms with Gasteiger partial charge in [0.05, 0.1) is 11.7 Å². The van der Waals surface area contributed by atoms with E-state index in [1.165, 1.54) is 51.9 Å². The summed E-state index contributed by atoms with van der Waals surface area (Å²) >= 11 is 0. The van der Waals surface area contributed by atoms with Crippen molar-refractivity contribution in [3.8, 4) is 0 Å². The molecule has 4 aliphatic carbocycles. The molecule has 4 saturated carbocycles. The van der Waals surface area contributed by atoms with Gasteiger partial charge in [-0.1, -0.05) is 53.9 Å². The van der Waals surface area contributed by atoms with Crippen molar-refractivity contribution in [2.75, 3.05) is 7.11 Å². The molecule has 196 valence electrons. The quantitative estimate of drug-likeness (QED) is 0.412. The van der Waals surface area contributed by atoms with E-state index in [1.807, 2.05) is 0 Å². The number of aliphatic hydroxyl groups is 1. The molecule has 10 atom stereocenters. The molecule has 4 nitrogen and oxygen atoms in total. The molecule has 0 saturated heterocycles. The summed E-state index contributed by atoms with van der Waals surface area (Å²) in [5.41, 5.74) is -0.663. The number of rotatable bonds is 7. The van der Waals surface area contributed by atoms with Gasteiger partial charge in [0.15, 0.2) is 0 Å². The molecule has 0 amide bonds. The van der Waals surface area contributed by atoms with Gasteiger partial charge in [-0.15, -0.1) is 0 Å². The van der Waals surface area contributed by atoms with Crippen LogP contribution >= 0.6 is 0 Å². The lowest BCUT2D eigenvalue weighted by Crippen LogP contribution is -2.69. The van der Waals surface area contributed by atoms with Crippen molar-refractivity contribution >= 4 is 5.97 Å². The predicted molar refractivity (Wildman–Crippen MR) is 136 cm³/mol. The molecule has 4 heteroatoms. The number of hydrogen-bond donors (Lipinski definition) is 1.